The largest absolute Gasteiger partial charge is 0.312 e. The van der Waals surface area contributed by atoms with Crippen LogP contribution in [0.2, 0.25) is 5.02 Å². The maximum Gasteiger partial charge on any atom is 0.0439 e. The zero-order valence-corrected chi connectivity index (χ0v) is 11.7. The Balaban J connectivity index is 2.54. The van der Waals surface area contributed by atoms with Gasteiger partial charge in [-0.05, 0) is 57.5 Å². The third-order valence-electron chi connectivity index (χ3n) is 2.06. The van der Waals surface area contributed by atoms with Crippen LogP contribution in [-0.2, 0) is 6.42 Å². The van der Waals surface area contributed by atoms with Crippen molar-refractivity contribution in [2.24, 2.45) is 0 Å². The molecule has 1 aromatic rings. The average molecular weight is 291 g/mol. The van der Waals surface area contributed by atoms with Gasteiger partial charge in [-0.2, -0.15) is 0 Å². The normalized spacial score (nSPS) is 11.8. The SMILES string of the molecule is CC(C)(C)NCCc1cc(Br)ccc1Cl. The van der Waals surface area contributed by atoms with E-state index in [0.29, 0.717) is 0 Å². The second-order valence-corrected chi connectivity index (χ2v) is 5.99. The summed E-state index contributed by atoms with van der Waals surface area (Å²) >= 11 is 9.55. The molecule has 0 spiro atoms. The van der Waals surface area contributed by atoms with Gasteiger partial charge in [-0.1, -0.05) is 27.5 Å². The second-order valence-electron chi connectivity index (χ2n) is 4.66. The number of hydrogen-bond acceptors (Lipinski definition) is 1. The third-order valence-corrected chi connectivity index (χ3v) is 2.92. The van der Waals surface area contributed by atoms with Crippen LogP contribution in [0.5, 0.6) is 0 Å². The van der Waals surface area contributed by atoms with Gasteiger partial charge < -0.3 is 5.32 Å². The molecule has 0 bridgehead atoms. The zero-order chi connectivity index (χ0) is 11.5. The Labute approximate surface area is 105 Å². The minimum absolute atomic E-state index is 0.165. The summed E-state index contributed by atoms with van der Waals surface area (Å²) in [5.41, 5.74) is 1.35. The van der Waals surface area contributed by atoms with Crippen molar-refractivity contribution < 1.29 is 0 Å². The first-order valence-electron chi connectivity index (χ1n) is 5.07. The quantitative estimate of drug-likeness (QED) is 0.886. The highest BCUT2D eigenvalue weighted by atomic mass is 79.9. The van der Waals surface area contributed by atoms with Crippen molar-refractivity contribution in [3.63, 3.8) is 0 Å². The minimum atomic E-state index is 0.165. The molecular formula is C12H17BrClN. The van der Waals surface area contributed by atoms with E-state index in [-0.39, 0.29) is 5.54 Å². The Bertz CT molecular complexity index is 331. The van der Waals surface area contributed by atoms with E-state index in [1.165, 1.54) is 5.56 Å². The van der Waals surface area contributed by atoms with Crippen molar-refractivity contribution in [1.29, 1.82) is 0 Å². The van der Waals surface area contributed by atoms with E-state index in [1.54, 1.807) is 0 Å². The number of hydrogen-bond donors (Lipinski definition) is 1. The molecule has 0 unspecified atom stereocenters. The Morgan fingerprint density at radius 3 is 2.60 bits per heavy atom. The summed E-state index contributed by atoms with van der Waals surface area (Å²) < 4.78 is 1.08. The van der Waals surface area contributed by atoms with Crippen LogP contribution in [0.3, 0.4) is 0 Å². The van der Waals surface area contributed by atoms with Gasteiger partial charge in [0.1, 0.15) is 0 Å². The van der Waals surface area contributed by atoms with Crippen LogP contribution in [0.1, 0.15) is 26.3 Å². The lowest BCUT2D eigenvalue weighted by molar-refractivity contribution is 0.429. The fourth-order valence-electron chi connectivity index (χ4n) is 1.31. The van der Waals surface area contributed by atoms with Crippen LogP contribution >= 0.6 is 27.5 Å². The van der Waals surface area contributed by atoms with Gasteiger partial charge in [0, 0.05) is 15.0 Å². The molecule has 1 rings (SSSR count). The smallest absolute Gasteiger partial charge is 0.0439 e. The lowest BCUT2D eigenvalue weighted by atomic mass is 10.1. The van der Waals surface area contributed by atoms with Gasteiger partial charge in [0.15, 0.2) is 0 Å². The van der Waals surface area contributed by atoms with Crippen LogP contribution < -0.4 is 5.32 Å². The summed E-state index contributed by atoms with van der Waals surface area (Å²) in [4.78, 5) is 0. The topological polar surface area (TPSA) is 12.0 Å². The zero-order valence-electron chi connectivity index (χ0n) is 9.40. The molecule has 15 heavy (non-hydrogen) atoms. The molecule has 1 nitrogen and oxygen atoms in total. The molecule has 0 saturated carbocycles. The van der Waals surface area contributed by atoms with Crippen LogP contribution in [0, 0.1) is 0 Å². The van der Waals surface area contributed by atoms with E-state index in [1.807, 2.05) is 12.1 Å². The van der Waals surface area contributed by atoms with Gasteiger partial charge in [0.2, 0.25) is 0 Å². The van der Waals surface area contributed by atoms with Crippen molar-refractivity contribution in [2.75, 3.05) is 6.54 Å². The minimum Gasteiger partial charge on any atom is -0.312 e. The van der Waals surface area contributed by atoms with E-state index in [9.17, 15) is 0 Å². The second kappa shape index (κ2) is 5.33. The highest BCUT2D eigenvalue weighted by molar-refractivity contribution is 9.10. The molecule has 0 radical (unpaired) electrons. The van der Waals surface area contributed by atoms with E-state index in [4.69, 9.17) is 11.6 Å². The van der Waals surface area contributed by atoms with Gasteiger partial charge in [0.25, 0.3) is 0 Å². The molecule has 3 heteroatoms. The first-order chi connectivity index (χ1) is 6.88. The van der Waals surface area contributed by atoms with Crippen molar-refractivity contribution in [3.05, 3.63) is 33.3 Å². The first kappa shape index (κ1) is 13.0. The van der Waals surface area contributed by atoms with E-state index in [0.717, 1.165) is 22.5 Å². The van der Waals surface area contributed by atoms with Crippen LogP contribution in [0.15, 0.2) is 22.7 Å². The molecule has 0 aliphatic heterocycles. The van der Waals surface area contributed by atoms with Crippen LogP contribution in [0.4, 0.5) is 0 Å². The van der Waals surface area contributed by atoms with Crippen LogP contribution in [0.25, 0.3) is 0 Å². The summed E-state index contributed by atoms with van der Waals surface area (Å²) in [5.74, 6) is 0. The monoisotopic (exact) mass is 289 g/mol. The number of benzene rings is 1. The van der Waals surface area contributed by atoms with Crippen LogP contribution in [-0.4, -0.2) is 12.1 Å². The summed E-state index contributed by atoms with van der Waals surface area (Å²) in [6.45, 7) is 7.43. The number of rotatable bonds is 3. The Hall–Kier alpha value is -0.0500. The molecule has 0 atom stereocenters. The van der Waals surface area contributed by atoms with Crippen molar-refractivity contribution in [1.82, 2.24) is 5.32 Å². The molecule has 0 aromatic heterocycles. The first-order valence-corrected chi connectivity index (χ1v) is 6.24. The van der Waals surface area contributed by atoms with Crippen molar-refractivity contribution in [2.45, 2.75) is 32.7 Å². The van der Waals surface area contributed by atoms with Crippen molar-refractivity contribution in [3.8, 4) is 0 Å². The maximum atomic E-state index is 6.10. The molecule has 0 aliphatic carbocycles. The predicted octanol–water partition coefficient (Wildman–Crippen LogP) is 4.03. The van der Waals surface area contributed by atoms with Gasteiger partial charge in [-0.3, -0.25) is 0 Å². The molecule has 0 saturated heterocycles. The third kappa shape index (κ3) is 5.01. The lowest BCUT2D eigenvalue weighted by Crippen LogP contribution is -2.37. The highest BCUT2D eigenvalue weighted by Gasteiger charge is 2.08. The highest BCUT2D eigenvalue weighted by Crippen LogP contribution is 2.21. The summed E-state index contributed by atoms with van der Waals surface area (Å²) in [7, 11) is 0. The van der Waals surface area contributed by atoms with E-state index >= 15 is 0 Å². The summed E-state index contributed by atoms with van der Waals surface area (Å²) in [6.07, 6.45) is 0.954. The number of halogens is 2. The maximum absolute atomic E-state index is 6.10. The fraction of sp³-hybridized carbons (Fsp3) is 0.500. The van der Waals surface area contributed by atoms with Gasteiger partial charge in [0.05, 0.1) is 0 Å². The van der Waals surface area contributed by atoms with E-state index < -0.39 is 0 Å². The summed E-state index contributed by atoms with van der Waals surface area (Å²) in [6, 6.07) is 5.97. The summed E-state index contributed by atoms with van der Waals surface area (Å²) in [5, 5.41) is 4.28. The Kier molecular flexibility index (Phi) is 4.63. The Morgan fingerprint density at radius 2 is 2.00 bits per heavy atom. The van der Waals surface area contributed by atoms with Gasteiger partial charge in [-0.15, -0.1) is 0 Å². The molecule has 0 amide bonds. The molecule has 0 aliphatic rings. The molecule has 84 valence electrons. The predicted molar refractivity (Wildman–Crippen MR) is 70.6 cm³/mol. The van der Waals surface area contributed by atoms with Crippen molar-refractivity contribution >= 4 is 27.5 Å². The molecular weight excluding hydrogens is 273 g/mol. The molecule has 1 aromatic carbocycles. The number of nitrogens with one attached hydrogen (secondary N) is 1. The Morgan fingerprint density at radius 1 is 1.33 bits per heavy atom. The van der Waals surface area contributed by atoms with E-state index in [2.05, 4.69) is 48.1 Å². The molecule has 0 heterocycles. The standard InChI is InChI=1S/C12H17BrClN/c1-12(2,3)15-7-6-9-8-10(13)4-5-11(9)14/h4-5,8,15H,6-7H2,1-3H3. The van der Waals surface area contributed by atoms with Gasteiger partial charge >= 0.3 is 0 Å². The molecule has 0 fully saturated rings. The fourth-order valence-corrected chi connectivity index (χ4v) is 1.93. The average Bonchev–Trinajstić information content (AvgIpc) is 2.09. The molecule has 1 N–H and O–H groups in total. The lowest BCUT2D eigenvalue weighted by Gasteiger charge is -2.20. The van der Waals surface area contributed by atoms with Gasteiger partial charge in [-0.25, -0.2) is 0 Å².